The van der Waals surface area contributed by atoms with Gasteiger partial charge in [-0.2, -0.15) is 0 Å². The van der Waals surface area contributed by atoms with Crippen molar-refractivity contribution >= 4 is 40.4 Å². The van der Waals surface area contributed by atoms with Gasteiger partial charge in [0.05, 0.1) is 4.88 Å². The molecule has 6 nitrogen and oxygen atoms in total. The maximum Gasteiger partial charge on any atom is 0.265 e. The number of rotatable bonds is 6. The zero-order valence-electron chi connectivity index (χ0n) is 15.5. The van der Waals surface area contributed by atoms with Gasteiger partial charge in [-0.15, -0.1) is 11.3 Å². The van der Waals surface area contributed by atoms with Gasteiger partial charge in [0.15, 0.2) is 0 Å². The zero-order valence-corrected chi connectivity index (χ0v) is 16.3. The van der Waals surface area contributed by atoms with E-state index in [1.807, 2.05) is 11.4 Å². The van der Waals surface area contributed by atoms with Gasteiger partial charge in [-0.25, -0.2) is 0 Å². The van der Waals surface area contributed by atoms with Gasteiger partial charge in [-0.05, 0) is 66.8 Å². The molecule has 1 aliphatic carbocycles. The first kappa shape index (κ1) is 18.9. The van der Waals surface area contributed by atoms with Crippen LogP contribution in [0.1, 0.15) is 43.2 Å². The van der Waals surface area contributed by atoms with Crippen molar-refractivity contribution in [2.24, 2.45) is 0 Å². The molecule has 3 N–H and O–H groups in total. The molecule has 0 atom stereocenters. The maximum atomic E-state index is 12.5. The normalized spacial score (nSPS) is 12.8. The molecule has 2 aromatic carbocycles. The molecule has 7 heteroatoms. The van der Waals surface area contributed by atoms with Crippen LogP contribution in [-0.2, 0) is 0 Å². The molecule has 3 amide bonds. The number of hydrogen-bond acceptors (Lipinski definition) is 4. The lowest BCUT2D eigenvalue weighted by atomic mass is 10.1. The molecule has 1 aliphatic rings. The highest BCUT2D eigenvalue weighted by molar-refractivity contribution is 7.12. The fourth-order valence-electron chi connectivity index (χ4n) is 2.74. The predicted molar refractivity (Wildman–Crippen MR) is 114 cm³/mol. The van der Waals surface area contributed by atoms with E-state index in [2.05, 4.69) is 16.0 Å². The minimum Gasteiger partial charge on any atom is -0.349 e. The van der Waals surface area contributed by atoms with Gasteiger partial charge in [0.1, 0.15) is 0 Å². The molecule has 1 fully saturated rings. The fraction of sp³-hybridized carbons (Fsp3) is 0.136. The number of amides is 3. The van der Waals surface area contributed by atoms with Crippen molar-refractivity contribution in [1.82, 2.24) is 5.32 Å². The molecule has 146 valence electrons. The zero-order chi connectivity index (χ0) is 20.2. The Morgan fingerprint density at radius 2 is 1.52 bits per heavy atom. The lowest BCUT2D eigenvalue weighted by Crippen LogP contribution is -2.25. The molecule has 0 spiro atoms. The van der Waals surface area contributed by atoms with Gasteiger partial charge >= 0.3 is 0 Å². The first-order chi connectivity index (χ1) is 14.1. The Bertz CT molecular complexity index is 1040. The number of nitrogens with one attached hydrogen (secondary N) is 3. The van der Waals surface area contributed by atoms with E-state index >= 15 is 0 Å². The van der Waals surface area contributed by atoms with Crippen molar-refractivity contribution in [3.05, 3.63) is 82.0 Å². The molecule has 3 aromatic rings. The third kappa shape index (κ3) is 4.89. The third-order valence-corrected chi connectivity index (χ3v) is 5.31. The third-order valence-electron chi connectivity index (χ3n) is 4.45. The Morgan fingerprint density at radius 1 is 0.759 bits per heavy atom. The van der Waals surface area contributed by atoms with Crippen LogP contribution >= 0.6 is 11.3 Å². The van der Waals surface area contributed by atoms with Crippen molar-refractivity contribution in [3.8, 4) is 0 Å². The Hall–Kier alpha value is -3.45. The van der Waals surface area contributed by atoms with Crippen molar-refractivity contribution in [3.63, 3.8) is 0 Å². The summed E-state index contributed by atoms with van der Waals surface area (Å²) in [5.41, 5.74) is 2.13. The first-order valence-corrected chi connectivity index (χ1v) is 10.1. The first-order valence-electron chi connectivity index (χ1n) is 9.26. The molecule has 29 heavy (non-hydrogen) atoms. The van der Waals surface area contributed by atoms with Crippen LogP contribution in [0.25, 0.3) is 0 Å². The molecule has 0 bridgehead atoms. The van der Waals surface area contributed by atoms with E-state index in [0.29, 0.717) is 27.4 Å². The van der Waals surface area contributed by atoms with Crippen molar-refractivity contribution in [2.45, 2.75) is 18.9 Å². The Labute approximate surface area is 172 Å². The Kier molecular flexibility index (Phi) is 5.39. The number of hydrogen-bond donors (Lipinski definition) is 3. The molecular formula is C22H19N3O3S. The monoisotopic (exact) mass is 405 g/mol. The largest absolute Gasteiger partial charge is 0.349 e. The van der Waals surface area contributed by atoms with E-state index in [4.69, 9.17) is 0 Å². The summed E-state index contributed by atoms with van der Waals surface area (Å²) in [6.45, 7) is 0. The summed E-state index contributed by atoms with van der Waals surface area (Å²) in [5.74, 6) is -0.603. The second-order valence-corrected chi connectivity index (χ2v) is 7.74. The highest BCUT2D eigenvalue weighted by Crippen LogP contribution is 2.20. The number of carbonyl (C=O) groups excluding carboxylic acids is 3. The molecule has 0 aliphatic heterocycles. The van der Waals surface area contributed by atoms with Gasteiger partial charge in [-0.1, -0.05) is 12.1 Å². The van der Waals surface area contributed by atoms with Crippen LogP contribution in [0.5, 0.6) is 0 Å². The Balaban J connectivity index is 1.38. The van der Waals surface area contributed by atoms with Crippen LogP contribution in [0, 0.1) is 0 Å². The quantitative estimate of drug-likeness (QED) is 0.576. The molecule has 4 rings (SSSR count). The topological polar surface area (TPSA) is 87.3 Å². The SMILES string of the molecule is O=C(Nc1cccc(C(=O)NC2CC2)c1)c1ccc(NC(=O)c2cccs2)cc1. The van der Waals surface area contributed by atoms with Gasteiger partial charge < -0.3 is 16.0 Å². The maximum absolute atomic E-state index is 12.5. The number of thiophene rings is 1. The molecule has 0 unspecified atom stereocenters. The standard InChI is InChI=1S/C22H19N3O3S/c26-20(25-18-4-1-3-15(13-18)21(27)23-17-10-11-17)14-6-8-16(9-7-14)24-22(28)19-5-2-12-29-19/h1-9,12-13,17H,10-11H2,(H,23,27)(H,24,28)(H,25,26). The van der Waals surface area contributed by atoms with Crippen LogP contribution in [-0.4, -0.2) is 23.8 Å². The minimum atomic E-state index is -0.291. The van der Waals surface area contributed by atoms with Crippen molar-refractivity contribution in [2.75, 3.05) is 10.6 Å². The van der Waals surface area contributed by atoms with Crippen LogP contribution in [0.4, 0.5) is 11.4 Å². The van der Waals surface area contributed by atoms with Crippen molar-refractivity contribution < 1.29 is 14.4 Å². The summed E-state index contributed by atoms with van der Waals surface area (Å²) in [7, 11) is 0. The number of anilines is 2. The summed E-state index contributed by atoms with van der Waals surface area (Å²) in [6.07, 6.45) is 2.04. The van der Waals surface area contributed by atoms with Crippen LogP contribution in [0.3, 0.4) is 0 Å². The summed E-state index contributed by atoms with van der Waals surface area (Å²) >= 11 is 1.36. The lowest BCUT2D eigenvalue weighted by Gasteiger charge is -2.09. The average Bonchev–Trinajstić information content (AvgIpc) is 3.36. The highest BCUT2D eigenvalue weighted by atomic mass is 32.1. The smallest absolute Gasteiger partial charge is 0.265 e. The lowest BCUT2D eigenvalue weighted by molar-refractivity contribution is 0.0949. The van der Waals surface area contributed by atoms with Gasteiger partial charge in [0.2, 0.25) is 0 Å². The minimum absolute atomic E-state index is 0.130. The van der Waals surface area contributed by atoms with Crippen LogP contribution in [0.2, 0.25) is 0 Å². The van der Waals surface area contributed by atoms with E-state index < -0.39 is 0 Å². The van der Waals surface area contributed by atoms with Crippen LogP contribution < -0.4 is 16.0 Å². The number of benzene rings is 2. The summed E-state index contributed by atoms with van der Waals surface area (Å²) in [4.78, 5) is 37.4. The predicted octanol–water partition coefficient (Wildman–Crippen LogP) is 4.14. The summed E-state index contributed by atoms with van der Waals surface area (Å²) in [5, 5.41) is 10.4. The second-order valence-electron chi connectivity index (χ2n) is 6.79. The number of carbonyl (C=O) groups is 3. The molecule has 1 heterocycles. The molecule has 1 aromatic heterocycles. The van der Waals surface area contributed by atoms with Crippen molar-refractivity contribution in [1.29, 1.82) is 0 Å². The second kappa shape index (κ2) is 8.28. The van der Waals surface area contributed by atoms with E-state index in [1.165, 1.54) is 11.3 Å². The van der Waals surface area contributed by atoms with Gasteiger partial charge in [0.25, 0.3) is 17.7 Å². The fourth-order valence-corrected chi connectivity index (χ4v) is 3.36. The van der Waals surface area contributed by atoms with Gasteiger partial charge in [-0.3, -0.25) is 14.4 Å². The highest BCUT2D eigenvalue weighted by Gasteiger charge is 2.23. The summed E-state index contributed by atoms with van der Waals surface area (Å²) < 4.78 is 0. The molecule has 1 saturated carbocycles. The average molecular weight is 405 g/mol. The molecule has 0 radical (unpaired) electrons. The van der Waals surface area contributed by atoms with Crippen LogP contribution in [0.15, 0.2) is 66.0 Å². The Morgan fingerprint density at radius 3 is 2.21 bits per heavy atom. The van der Waals surface area contributed by atoms with E-state index in [0.717, 1.165) is 12.8 Å². The van der Waals surface area contributed by atoms with E-state index in [1.54, 1.807) is 54.6 Å². The summed E-state index contributed by atoms with van der Waals surface area (Å²) in [6, 6.07) is 17.3. The molecular weight excluding hydrogens is 386 g/mol. The van der Waals surface area contributed by atoms with E-state index in [9.17, 15) is 14.4 Å². The molecule has 0 saturated heterocycles. The van der Waals surface area contributed by atoms with E-state index in [-0.39, 0.29) is 23.8 Å². The van der Waals surface area contributed by atoms with Gasteiger partial charge in [0, 0.05) is 28.5 Å².